The lowest BCUT2D eigenvalue weighted by Gasteiger charge is -2.12. The van der Waals surface area contributed by atoms with Gasteiger partial charge in [0.25, 0.3) is 0 Å². The molecule has 0 aliphatic rings. The third kappa shape index (κ3) is 2.68. The summed E-state index contributed by atoms with van der Waals surface area (Å²) >= 11 is 15.0. The zero-order chi connectivity index (χ0) is 13.3. The summed E-state index contributed by atoms with van der Waals surface area (Å²) < 4.78 is 27.2. The van der Waals surface area contributed by atoms with Crippen molar-refractivity contribution in [3.63, 3.8) is 0 Å². The molecule has 0 spiro atoms. The number of halogens is 5. The highest BCUT2D eigenvalue weighted by atomic mass is 79.9. The fourth-order valence-electron chi connectivity index (χ4n) is 1.57. The van der Waals surface area contributed by atoms with Gasteiger partial charge in [0.05, 0.1) is 14.9 Å². The highest BCUT2D eigenvalue weighted by Crippen LogP contribution is 2.34. The Morgan fingerprint density at radius 1 is 1.11 bits per heavy atom. The maximum Gasteiger partial charge on any atom is 0.146 e. The van der Waals surface area contributed by atoms with Crippen LogP contribution in [0.1, 0.15) is 16.5 Å². The summed E-state index contributed by atoms with van der Waals surface area (Å²) in [4.78, 5) is 0. The first-order chi connectivity index (χ1) is 8.50. The molecule has 0 saturated carbocycles. The Bertz CT molecular complexity index is 587. The van der Waals surface area contributed by atoms with Crippen LogP contribution >= 0.6 is 39.1 Å². The summed E-state index contributed by atoms with van der Waals surface area (Å²) in [6.45, 7) is 0. The van der Waals surface area contributed by atoms with Crippen LogP contribution < -0.4 is 0 Å². The molecule has 0 bridgehead atoms. The van der Waals surface area contributed by atoms with Gasteiger partial charge in [0.1, 0.15) is 11.6 Å². The van der Waals surface area contributed by atoms with Crippen LogP contribution in [-0.2, 0) is 0 Å². The van der Waals surface area contributed by atoms with Gasteiger partial charge in [-0.05, 0) is 39.7 Å². The summed E-state index contributed by atoms with van der Waals surface area (Å²) in [6, 6.07) is 8.93. The predicted molar refractivity (Wildman–Crippen MR) is 73.2 cm³/mol. The molecular weight excluding hydrogens is 345 g/mol. The first kappa shape index (κ1) is 13.8. The van der Waals surface area contributed by atoms with E-state index in [-0.39, 0.29) is 15.1 Å². The molecule has 0 heterocycles. The van der Waals surface area contributed by atoms with Gasteiger partial charge in [-0.25, -0.2) is 8.78 Å². The SMILES string of the molecule is Fc1ccc(C(Cl)c2cccc(Cl)c2F)cc1Br. The first-order valence-electron chi connectivity index (χ1n) is 5.03. The van der Waals surface area contributed by atoms with Crippen molar-refractivity contribution in [2.24, 2.45) is 0 Å². The molecule has 18 heavy (non-hydrogen) atoms. The lowest BCUT2D eigenvalue weighted by Crippen LogP contribution is -1.98. The van der Waals surface area contributed by atoms with Gasteiger partial charge in [-0.3, -0.25) is 0 Å². The van der Waals surface area contributed by atoms with Crippen molar-refractivity contribution in [3.8, 4) is 0 Å². The Morgan fingerprint density at radius 3 is 2.50 bits per heavy atom. The van der Waals surface area contributed by atoms with Crippen molar-refractivity contribution in [3.05, 3.63) is 68.7 Å². The maximum absolute atomic E-state index is 13.8. The highest BCUT2D eigenvalue weighted by molar-refractivity contribution is 9.10. The van der Waals surface area contributed by atoms with Crippen molar-refractivity contribution >= 4 is 39.1 Å². The van der Waals surface area contributed by atoms with E-state index in [0.29, 0.717) is 5.56 Å². The molecule has 0 fully saturated rings. The Balaban J connectivity index is 2.44. The largest absolute Gasteiger partial charge is 0.206 e. The van der Waals surface area contributed by atoms with Crippen LogP contribution in [0.2, 0.25) is 5.02 Å². The Kier molecular flexibility index (Phi) is 4.25. The molecule has 0 aliphatic carbocycles. The van der Waals surface area contributed by atoms with Crippen molar-refractivity contribution in [1.82, 2.24) is 0 Å². The summed E-state index contributed by atoms with van der Waals surface area (Å²) in [5.41, 5.74) is 0.855. The Morgan fingerprint density at radius 2 is 1.83 bits per heavy atom. The van der Waals surface area contributed by atoms with Gasteiger partial charge >= 0.3 is 0 Å². The fourth-order valence-corrected chi connectivity index (χ4v) is 2.45. The molecule has 0 aromatic heterocycles. The van der Waals surface area contributed by atoms with Crippen molar-refractivity contribution in [2.45, 2.75) is 5.38 Å². The lowest BCUT2D eigenvalue weighted by molar-refractivity contribution is 0.611. The third-order valence-corrected chi connectivity index (χ3v) is 3.88. The van der Waals surface area contributed by atoms with E-state index in [1.807, 2.05) is 0 Å². The maximum atomic E-state index is 13.8. The van der Waals surface area contributed by atoms with Gasteiger partial charge < -0.3 is 0 Å². The monoisotopic (exact) mass is 350 g/mol. The normalized spacial score (nSPS) is 12.5. The number of rotatable bonds is 2. The molecule has 0 aliphatic heterocycles. The lowest BCUT2D eigenvalue weighted by atomic mass is 10.0. The van der Waals surface area contributed by atoms with Crippen LogP contribution in [0.3, 0.4) is 0 Å². The Labute approximate surface area is 122 Å². The molecule has 94 valence electrons. The van der Waals surface area contributed by atoms with E-state index in [0.717, 1.165) is 0 Å². The molecule has 0 saturated heterocycles. The van der Waals surface area contributed by atoms with Crippen molar-refractivity contribution in [2.75, 3.05) is 0 Å². The van der Waals surface area contributed by atoms with Crippen molar-refractivity contribution in [1.29, 1.82) is 0 Å². The quantitative estimate of drug-likeness (QED) is 0.608. The minimum absolute atomic E-state index is 0.0133. The topological polar surface area (TPSA) is 0 Å². The molecule has 2 aromatic carbocycles. The van der Waals surface area contributed by atoms with Gasteiger partial charge in [-0.2, -0.15) is 0 Å². The Hall–Kier alpha value is -0.640. The molecular formula is C13H7BrCl2F2. The standard InChI is InChI=1S/C13H7BrCl2F2/c14-9-6-7(4-5-11(9)17)12(16)8-2-1-3-10(15)13(8)18/h1-6,12H. The number of alkyl halides is 1. The van der Waals surface area contributed by atoms with E-state index in [4.69, 9.17) is 23.2 Å². The average molecular weight is 352 g/mol. The second-order valence-corrected chi connectivity index (χ2v) is 5.38. The number of hydrogen-bond acceptors (Lipinski definition) is 0. The van der Waals surface area contributed by atoms with Crippen LogP contribution in [0, 0.1) is 11.6 Å². The average Bonchev–Trinajstić information content (AvgIpc) is 2.35. The molecule has 1 atom stereocenters. The van der Waals surface area contributed by atoms with Crippen LogP contribution in [0.25, 0.3) is 0 Å². The van der Waals surface area contributed by atoms with Crippen LogP contribution in [-0.4, -0.2) is 0 Å². The summed E-state index contributed by atoms with van der Waals surface area (Å²) in [5, 5.41) is -0.708. The van der Waals surface area contributed by atoms with E-state index in [1.54, 1.807) is 12.1 Å². The van der Waals surface area contributed by atoms with Gasteiger partial charge in [0.15, 0.2) is 0 Å². The predicted octanol–water partition coefficient (Wildman–Crippen LogP) is 5.71. The van der Waals surface area contributed by atoms with Gasteiger partial charge in [0.2, 0.25) is 0 Å². The van der Waals surface area contributed by atoms with E-state index >= 15 is 0 Å². The fraction of sp³-hybridized carbons (Fsp3) is 0.0769. The zero-order valence-electron chi connectivity index (χ0n) is 8.93. The number of benzene rings is 2. The summed E-state index contributed by atoms with van der Waals surface area (Å²) in [5.74, 6) is -0.950. The second kappa shape index (κ2) is 5.55. The van der Waals surface area contributed by atoms with E-state index in [2.05, 4.69) is 15.9 Å². The molecule has 2 aromatic rings. The first-order valence-corrected chi connectivity index (χ1v) is 6.64. The van der Waals surface area contributed by atoms with E-state index in [9.17, 15) is 8.78 Å². The minimum Gasteiger partial charge on any atom is -0.206 e. The summed E-state index contributed by atoms with van der Waals surface area (Å²) in [6.07, 6.45) is 0. The minimum atomic E-state index is -0.722. The second-order valence-electron chi connectivity index (χ2n) is 3.68. The van der Waals surface area contributed by atoms with E-state index in [1.165, 1.54) is 24.3 Å². The molecule has 0 nitrogen and oxygen atoms in total. The highest BCUT2D eigenvalue weighted by Gasteiger charge is 2.17. The number of hydrogen-bond donors (Lipinski definition) is 0. The summed E-state index contributed by atoms with van der Waals surface area (Å²) in [7, 11) is 0. The van der Waals surface area contributed by atoms with Gasteiger partial charge in [0, 0.05) is 5.56 Å². The molecule has 5 heteroatoms. The van der Waals surface area contributed by atoms with Crippen LogP contribution in [0.15, 0.2) is 40.9 Å². The third-order valence-electron chi connectivity index (χ3n) is 2.49. The molecule has 1 unspecified atom stereocenters. The zero-order valence-corrected chi connectivity index (χ0v) is 12.0. The molecule has 0 amide bonds. The van der Waals surface area contributed by atoms with Crippen LogP contribution in [0.5, 0.6) is 0 Å². The smallest absolute Gasteiger partial charge is 0.146 e. The van der Waals surface area contributed by atoms with E-state index < -0.39 is 17.0 Å². The van der Waals surface area contributed by atoms with Crippen LogP contribution in [0.4, 0.5) is 8.78 Å². The molecule has 0 radical (unpaired) electrons. The van der Waals surface area contributed by atoms with Gasteiger partial charge in [-0.15, -0.1) is 11.6 Å². The molecule has 2 rings (SSSR count). The van der Waals surface area contributed by atoms with Gasteiger partial charge in [-0.1, -0.05) is 29.8 Å². The van der Waals surface area contributed by atoms with Crippen molar-refractivity contribution < 1.29 is 8.78 Å². The molecule has 0 N–H and O–H groups in total.